The van der Waals surface area contributed by atoms with Crippen molar-refractivity contribution >= 4 is 37.3 Å². The van der Waals surface area contributed by atoms with E-state index < -0.39 is 9.84 Å². The summed E-state index contributed by atoms with van der Waals surface area (Å²) in [6.45, 7) is 4.46. The number of thiazole rings is 1. The van der Waals surface area contributed by atoms with Crippen molar-refractivity contribution in [2.24, 2.45) is 4.99 Å². The first-order valence-electron chi connectivity index (χ1n) is 9.81. The number of carbonyl (C=O) groups excluding carboxylic acids is 1. The number of hydrogen-bond donors (Lipinski definition) is 0. The van der Waals surface area contributed by atoms with Crippen molar-refractivity contribution in [3.05, 3.63) is 65.5 Å². The minimum absolute atomic E-state index is 0.0242. The molecule has 31 heavy (non-hydrogen) atoms. The zero-order valence-corrected chi connectivity index (χ0v) is 18.5. The zero-order chi connectivity index (χ0) is 21.8. The van der Waals surface area contributed by atoms with Crippen molar-refractivity contribution in [2.75, 3.05) is 12.5 Å². The Bertz CT molecular complexity index is 1290. The van der Waals surface area contributed by atoms with E-state index >= 15 is 0 Å². The molecule has 0 unspecified atom stereocenters. The molecule has 0 saturated carbocycles. The SMILES string of the molecule is C=CCn1c(=NC(=O)CCCS(=O)(=O)Cc2ccccc2)sc2cc3c(cc21)OCO3. The number of sulfone groups is 1. The van der Waals surface area contributed by atoms with Crippen molar-refractivity contribution in [1.82, 2.24) is 4.57 Å². The van der Waals surface area contributed by atoms with Crippen LogP contribution in [0, 0.1) is 0 Å². The van der Waals surface area contributed by atoms with Crippen LogP contribution in [0.1, 0.15) is 18.4 Å². The first kappa shape index (κ1) is 21.3. The molecule has 4 rings (SSSR count). The summed E-state index contributed by atoms with van der Waals surface area (Å²) in [5.41, 5.74) is 1.63. The van der Waals surface area contributed by atoms with Crippen molar-refractivity contribution in [1.29, 1.82) is 0 Å². The van der Waals surface area contributed by atoms with E-state index in [1.807, 2.05) is 34.9 Å². The Kier molecular flexibility index (Phi) is 6.24. The smallest absolute Gasteiger partial charge is 0.248 e. The van der Waals surface area contributed by atoms with Crippen LogP contribution in [0.3, 0.4) is 0 Å². The average Bonchev–Trinajstić information content (AvgIpc) is 3.31. The maximum atomic E-state index is 12.4. The second kappa shape index (κ2) is 9.07. The van der Waals surface area contributed by atoms with Crippen LogP contribution in [0.15, 0.2) is 60.1 Å². The summed E-state index contributed by atoms with van der Waals surface area (Å²) in [5, 5.41) is 0. The van der Waals surface area contributed by atoms with Crippen LogP contribution < -0.4 is 14.3 Å². The fourth-order valence-corrected chi connectivity index (χ4v) is 5.85. The van der Waals surface area contributed by atoms with Crippen molar-refractivity contribution in [3.63, 3.8) is 0 Å². The van der Waals surface area contributed by atoms with Crippen LogP contribution in [-0.2, 0) is 26.9 Å². The topological polar surface area (TPSA) is 87.0 Å². The van der Waals surface area contributed by atoms with E-state index in [-0.39, 0.29) is 37.0 Å². The van der Waals surface area contributed by atoms with E-state index in [0.717, 1.165) is 15.8 Å². The van der Waals surface area contributed by atoms with E-state index in [2.05, 4.69) is 11.6 Å². The van der Waals surface area contributed by atoms with Crippen LogP contribution in [0.5, 0.6) is 11.5 Å². The second-order valence-electron chi connectivity index (χ2n) is 7.14. The molecule has 9 heteroatoms. The van der Waals surface area contributed by atoms with Gasteiger partial charge in [-0.2, -0.15) is 4.99 Å². The van der Waals surface area contributed by atoms with Crippen LogP contribution in [0.4, 0.5) is 0 Å². The highest BCUT2D eigenvalue weighted by Crippen LogP contribution is 2.36. The molecule has 0 saturated heterocycles. The molecule has 0 aliphatic carbocycles. The summed E-state index contributed by atoms with van der Waals surface area (Å²) in [7, 11) is -3.28. The molecule has 0 N–H and O–H groups in total. The Morgan fingerprint density at radius 2 is 1.94 bits per heavy atom. The van der Waals surface area contributed by atoms with Gasteiger partial charge in [0, 0.05) is 25.1 Å². The van der Waals surface area contributed by atoms with Crippen molar-refractivity contribution < 1.29 is 22.7 Å². The van der Waals surface area contributed by atoms with Gasteiger partial charge in [0.25, 0.3) is 0 Å². The number of ether oxygens (including phenoxy) is 2. The summed E-state index contributed by atoms with van der Waals surface area (Å²) in [6, 6.07) is 12.8. The Morgan fingerprint density at radius 3 is 2.68 bits per heavy atom. The lowest BCUT2D eigenvalue weighted by molar-refractivity contribution is -0.118. The Morgan fingerprint density at radius 1 is 1.19 bits per heavy atom. The first-order chi connectivity index (χ1) is 14.9. The highest BCUT2D eigenvalue weighted by molar-refractivity contribution is 7.90. The molecule has 2 aromatic carbocycles. The monoisotopic (exact) mass is 458 g/mol. The lowest BCUT2D eigenvalue weighted by Crippen LogP contribution is -2.17. The number of fused-ring (bicyclic) bond motifs is 2. The zero-order valence-electron chi connectivity index (χ0n) is 16.8. The summed E-state index contributed by atoms with van der Waals surface area (Å²) in [6.07, 6.45) is 2.04. The van der Waals surface area contributed by atoms with Gasteiger partial charge in [-0.25, -0.2) is 8.42 Å². The van der Waals surface area contributed by atoms with Gasteiger partial charge in [-0.1, -0.05) is 47.7 Å². The molecule has 0 bridgehead atoms. The summed E-state index contributed by atoms with van der Waals surface area (Å²) < 4.78 is 38.3. The van der Waals surface area contributed by atoms with Gasteiger partial charge in [-0.3, -0.25) is 4.79 Å². The van der Waals surface area contributed by atoms with Gasteiger partial charge in [0.05, 0.1) is 21.7 Å². The van der Waals surface area contributed by atoms with Crippen molar-refractivity contribution in [3.8, 4) is 11.5 Å². The fraction of sp³-hybridized carbons (Fsp3) is 0.273. The lowest BCUT2D eigenvalue weighted by Gasteiger charge is -2.04. The predicted octanol–water partition coefficient (Wildman–Crippen LogP) is 3.44. The number of allylic oxidation sites excluding steroid dienone is 1. The molecule has 2 heterocycles. The normalized spacial score (nSPS) is 13.6. The van der Waals surface area contributed by atoms with Gasteiger partial charge in [0.15, 0.2) is 26.1 Å². The molecule has 0 atom stereocenters. The van der Waals surface area contributed by atoms with Gasteiger partial charge in [-0.05, 0) is 12.0 Å². The van der Waals surface area contributed by atoms with Crippen LogP contribution >= 0.6 is 11.3 Å². The number of hydrogen-bond acceptors (Lipinski definition) is 6. The third-order valence-corrected chi connectivity index (χ3v) is 7.51. The number of carbonyl (C=O) groups is 1. The first-order valence-corrected chi connectivity index (χ1v) is 12.4. The van der Waals surface area contributed by atoms with E-state index in [1.54, 1.807) is 18.2 Å². The molecular weight excluding hydrogens is 436 g/mol. The molecule has 1 aromatic heterocycles. The second-order valence-corrected chi connectivity index (χ2v) is 10.3. The molecule has 1 aliphatic heterocycles. The van der Waals surface area contributed by atoms with Crippen LogP contribution in [-0.4, -0.2) is 31.4 Å². The largest absolute Gasteiger partial charge is 0.454 e. The third-order valence-electron chi connectivity index (χ3n) is 4.78. The molecule has 0 spiro atoms. The fourth-order valence-electron chi connectivity index (χ4n) is 3.36. The number of rotatable bonds is 8. The number of nitrogens with zero attached hydrogens (tertiary/aromatic N) is 2. The van der Waals surface area contributed by atoms with Crippen LogP contribution in [0.25, 0.3) is 10.2 Å². The van der Waals surface area contributed by atoms with Gasteiger partial charge < -0.3 is 14.0 Å². The Hall–Kier alpha value is -2.91. The summed E-state index contributed by atoms with van der Waals surface area (Å²) in [4.78, 5) is 17.2. The maximum absolute atomic E-state index is 12.4. The van der Waals surface area contributed by atoms with Gasteiger partial charge >= 0.3 is 0 Å². The van der Waals surface area contributed by atoms with Crippen LogP contribution in [0.2, 0.25) is 0 Å². The Labute approximate surface area is 184 Å². The van der Waals surface area contributed by atoms with Gasteiger partial charge in [-0.15, -0.1) is 6.58 Å². The molecule has 1 amide bonds. The Balaban J connectivity index is 1.47. The molecule has 7 nitrogen and oxygen atoms in total. The lowest BCUT2D eigenvalue weighted by atomic mass is 10.2. The van der Waals surface area contributed by atoms with E-state index in [1.165, 1.54) is 11.3 Å². The van der Waals surface area contributed by atoms with E-state index in [4.69, 9.17) is 9.47 Å². The molecule has 3 aromatic rings. The summed E-state index contributed by atoms with van der Waals surface area (Å²) in [5.74, 6) is 0.901. The molecule has 1 aliphatic rings. The quantitative estimate of drug-likeness (QED) is 0.483. The van der Waals surface area contributed by atoms with Gasteiger partial charge in [0.2, 0.25) is 12.7 Å². The van der Waals surface area contributed by atoms with Gasteiger partial charge in [0.1, 0.15) is 0 Å². The molecule has 162 valence electrons. The number of amides is 1. The highest BCUT2D eigenvalue weighted by Gasteiger charge is 2.18. The predicted molar refractivity (Wildman–Crippen MR) is 120 cm³/mol. The van der Waals surface area contributed by atoms with E-state index in [9.17, 15) is 13.2 Å². The number of benzene rings is 2. The minimum Gasteiger partial charge on any atom is -0.454 e. The van der Waals surface area contributed by atoms with E-state index in [0.29, 0.717) is 22.8 Å². The minimum atomic E-state index is -3.28. The maximum Gasteiger partial charge on any atom is 0.248 e. The molecule has 0 radical (unpaired) electrons. The average molecular weight is 459 g/mol. The molecule has 0 fully saturated rings. The highest BCUT2D eigenvalue weighted by atomic mass is 32.2. The summed E-state index contributed by atoms with van der Waals surface area (Å²) >= 11 is 1.37. The molecular formula is C22H22N2O5S2. The van der Waals surface area contributed by atoms with Crippen molar-refractivity contribution in [2.45, 2.75) is 25.1 Å². The number of aromatic nitrogens is 1. The third kappa shape index (κ3) is 5.05. The standard InChI is InChI=1S/C22H22N2O5S2/c1-2-10-24-17-12-18-19(29-15-28-18)13-20(17)30-22(24)23-21(25)9-6-11-31(26,27)14-16-7-4-3-5-8-16/h2-5,7-8,12-13H,1,6,9-11,14-15H2.